The van der Waals surface area contributed by atoms with E-state index in [1.165, 1.54) is 23.2 Å². The monoisotopic (exact) mass is 637 g/mol. The highest BCUT2D eigenvalue weighted by Crippen LogP contribution is 2.48. The molecule has 13 nitrogen and oxygen atoms in total. The largest absolute Gasteiger partial charge is 0.506 e. The molecule has 4 rings (SSSR count). The average molecular weight is 639 g/mol. The number of morpholine rings is 1. The van der Waals surface area contributed by atoms with Crippen LogP contribution in [0.2, 0.25) is 5.02 Å². The van der Waals surface area contributed by atoms with Gasteiger partial charge in [-0.25, -0.2) is 30.3 Å². The van der Waals surface area contributed by atoms with Gasteiger partial charge in [-0.05, 0) is 30.7 Å². The molecule has 3 N–H and O–H groups in total. The van der Waals surface area contributed by atoms with E-state index >= 15 is 0 Å². The summed E-state index contributed by atoms with van der Waals surface area (Å²) in [4.78, 5) is 1.12. The number of thiol groups is 1. The summed E-state index contributed by atoms with van der Waals surface area (Å²) in [5, 5.41) is 20.7. The van der Waals surface area contributed by atoms with Gasteiger partial charge in [-0.15, -0.1) is 9.95 Å². The van der Waals surface area contributed by atoms with E-state index in [9.17, 15) is 30.4 Å². The number of phenolic OH excluding ortho intramolecular Hbond substituents is 1. The smallest absolute Gasteiger partial charge is 0.262 e. The minimum absolute atomic E-state index is 0.0401. The second-order valence-corrected chi connectivity index (χ2v) is 13.5. The first-order valence-corrected chi connectivity index (χ1v) is 16.3. The standard InChI is InChI=1S/C21H21Cl2N5O8S3/c1-12-3-2-4-14-17(12)18(25-24-13-5-6-15(22)16(11-13)38(23,32)33)19(26-37(30)31)21(20(14)29)39(34,35)27-28-7-9-36-10-8-28/h2-6,11,27,29,37H,7-10H2,1H3,(H,26,30,31). The minimum Gasteiger partial charge on any atom is -0.506 e. The molecule has 0 aliphatic carbocycles. The van der Waals surface area contributed by atoms with E-state index < -0.39 is 51.2 Å². The normalized spacial score (nSPS) is 15.4. The summed E-state index contributed by atoms with van der Waals surface area (Å²) in [5.41, 5.74) is -0.338. The highest BCUT2D eigenvalue weighted by atomic mass is 35.7. The number of phenols is 1. The highest BCUT2D eigenvalue weighted by molar-refractivity contribution is 8.13. The van der Waals surface area contributed by atoms with Crippen LogP contribution in [0.1, 0.15) is 5.56 Å². The third kappa shape index (κ3) is 6.44. The first-order valence-electron chi connectivity index (χ1n) is 11.0. The third-order valence-electron chi connectivity index (χ3n) is 5.62. The predicted octanol–water partition coefficient (Wildman–Crippen LogP) is 3.31. The van der Waals surface area contributed by atoms with Crippen molar-refractivity contribution in [3.05, 3.63) is 47.0 Å². The maximum absolute atomic E-state index is 13.5. The summed E-state index contributed by atoms with van der Waals surface area (Å²) in [5.74, 6) is -0.713. The second-order valence-electron chi connectivity index (χ2n) is 8.21. The molecule has 1 fully saturated rings. The van der Waals surface area contributed by atoms with Gasteiger partial charge in [0.2, 0.25) is 10.9 Å². The Morgan fingerprint density at radius 1 is 1.08 bits per heavy atom. The summed E-state index contributed by atoms with van der Waals surface area (Å²) in [6.45, 7) is 2.57. The lowest BCUT2D eigenvalue weighted by molar-refractivity contribution is 0.0272. The molecule has 18 heteroatoms. The number of anilines is 1. The van der Waals surface area contributed by atoms with E-state index in [2.05, 4.69) is 19.8 Å². The molecule has 0 spiro atoms. The van der Waals surface area contributed by atoms with Gasteiger partial charge < -0.3 is 9.84 Å². The molecule has 0 amide bonds. The zero-order chi connectivity index (χ0) is 28.5. The Morgan fingerprint density at radius 2 is 1.77 bits per heavy atom. The fraction of sp³-hybridized carbons (Fsp3) is 0.238. The predicted molar refractivity (Wildman–Crippen MR) is 146 cm³/mol. The van der Waals surface area contributed by atoms with Crippen molar-refractivity contribution < 1.29 is 35.1 Å². The lowest BCUT2D eigenvalue weighted by Gasteiger charge is -2.27. The van der Waals surface area contributed by atoms with Gasteiger partial charge in [-0.1, -0.05) is 29.8 Å². The van der Waals surface area contributed by atoms with Gasteiger partial charge in [-0.2, -0.15) is 5.11 Å². The van der Waals surface area contributed by atoms with Gasteiger partial charge in [0.05, 0.1) is 23.9 Å². The molecule has 1 aliphatic heterocycles. The topological polar surface area (TPSA) is 184 Å². The van der Waals surface area contributed by atoms with Gasteiger partial charge in [-0.3, -0.25) is 4.72 Å². The van der Waals surface area contributed by atoms with Gasteiger partial charge in [0, 0.05) is 34.5 Å². The van der Waals surface area contributed by atoms with E-state index in [4.69, 9.17) is 27.0 Å². The Hall–Kier alpha value is -2.57. The van der Waals surface area contributed by atoms with Crippen molar-refractivity contribution in [2.45, 2.75) is 16.7 Å². The lowest BCUT2D eigenvalue weighted by atomic mass is 10.0. The van der Waals surface area contributed by atoms with E-state index in [-0.39, 0.29) is 53.5 Å². The van der Waals surface area contributed by atoms with Gasteiger partial charge >= 0.3 is 0 Å². The molecule has 0 unspecified atom stereocenters. The molecule has 3 aromatic carbocycles. The maximum Gasteiger partial charge on any atom is 0.262 e. The Bertz CT molecular complexity index is 1770. The second kappa shape index (κ2) is 11.5. The molecular weight excluding hydrogens is 617 g/mol. The first-order chi connectivity index (χ1) is 18.3. The number of aromatic hydroxyl groups is 1. The minimum atomic E-state index is -4.58. The Balaban J connectivity index is 1.99. The van der Waals surface area contributed by atoms with Crippen molar-refractivity contribution >= 4 is 80.1 Å². The summed E-state index contributed by atoms with van der Waals surface area (Å²) < 4.78 is 81.7. The molecule has 1 saturated heterocycles. The summed E-state index contributed by atoms with van der Waals surface area (Å²) in [7, 11) is -6.84. The molecule has 0 saturated carbocycles. The fourth-order valence-corrected chi connectivity index (χ4v) is 7.29. The lowest BCUT2D eigenvalue weighted by Crippen LogP contribution is -2.48. The van der Waals surface area contributed by atoms with Crippen molar-refractivity contribution in [1.82, 2.24) is 9.84 Å². The highest BCUT2D eigenvalue weighted by Gasteiger charge is 2.32. The summed E-state index contributed by atoms with van der Waals surface area (Å²) in [6.07, 6.45) is 0. The number of hydrazine groups is 1. The van der Waals surface area contributed by atoms with Crippen LogP contribution in [0, 0.1) is 6.92 Å². The maximum atomic E-state index is 13.5. The Kier molecular flexibility index (Phi) is 8.67. The molecule has 210 valence electrons. The third-order valence-corrected chi connectivity index (χ3v) is 9.26. The number of nitrogens with zero attached hydrogens (tertiary/aromatic N) is 3. The molecule has 1 heterocycles. The molecule has 0 bridgehead atoms. The molecule has 39 heavy (non-hydrogen) atoms. The fourth-order valence-electron chi connectivity index (χ4n) is 3.93. The number of fused-ring (bicyclic) bond motifs is 1. The van der Waals surface area contributed by atoms with E-state index in [0.29, 0.717) is 5.56 Å². The first kappa shape index (κ1) is 29.4. The number of rotatable bonds is 8. The van der Waals surface area contributed by atoms with Crippen LogP contribution in [0.4, 0.5) is 17.1 Å². The van der Waals surface area contributed by atoms with Crippen molar-refractivity contribution in [2.24, 2.45) is 10.2 Å². The zero-order valence-corrected chi connectivity index (χ0v) is 24.0. The quantitative estimate of drug-likeness (QED) is 0.163. The number of halogens is 2. The van der Waals surface area contributed by atoms with E-state index in [1.807, 2.05) is 0 Å². The average Bonchev–Trinajstić information content (AvgIpc) is 2.84. The molecule has 1 aliphatic rings. The number of hydrogen-bond acceptors (Lipinski definition) is 11. The number of ether oxygens (including phenoxy) is 1. The molecule has 0 aromatic heterocycles. The van der Waals surface area contributed by atoms with E-state index in [0.717, 1.165) is 6.07 Å². The van der Waals surface area contributed by atoms with Gasteiger partial charge in [0.1, 0.15) is 22.0 Å². The van der Waals surface area contributed by atoms with Gasteiger partial charge in [0.25, 0.3) is 19.1 Å². The molecule has 0 atom stereocenters. The van der Waals surface area contributed by atoms with Crippen LogP contribution in [-0.2, 0) is 34.7 Å². The van der Waals surface area contributed by atoms with Crippen LogP contribution in [0.3, 0.4) is 0 Å². The van der Waals surface area contributed by atoms with Crippen molar-refractivity contribution in [2.75, 3.05) is 31.0 Å². The van der Waals surface area contributed by atoms with Crippen molar-refractivity contribution in [3.8, 4) is 5.75 Å². The summed E-state index contributed by atoms with van der Waals surface area (Å²) >= 11 is 5.92. The van der Waals surface area contributed by atoms with Gasteiger partial charge in [0.15, 0.2) is 4.90 Å². The van der Waals surface area contributed by atoms with Crippen LogP contribution in [0.5, 0.6) is 5.75 Å². The van der Waals surface area contributed by atoms with Crippen LogP contribution < -0.4 is 9.55 Å². The molecular formula is C21H21Cl2N5O8S3. The van der Waals surface area contributed by atoms with Crippen molar-refractivity contribution in [1.29, 1.82) is 0 Å². The van der Waals surface area contributed by atoms with Crippen LogP contribution in [-0.4, -0.2) is 61.7 Å². The number of benzene rings is 3. The van der Waals surface area contributed by atoms with E-state index in [1.54, 1.807) is 19.1 Å². The number of aryl methyl sites for hydroxylation is 1. The van der Waals surface area contributed by atoms with Crippen molar-refractivity contribution in [3.63, 3.8) is 0 Å². The zero-order valence-electron chi connectivity index (χ0n) is 20.0. The van der Waals surface area contributed by atoms with Crippen LogP contribution in [0.25, 0.3) is 10.8 Å². The number of nitrogens with one attached hydrogen (secondary N) is 2. The number of sulfonamides is 1. The number of azo groups is 1. The summed E-state index contributed by atoms with van der Waals surface area (Å²) in [6, 6.07) is 8.24. The van der Waals surface area contributed by atoms with Crippen LogP contribution >= 0.6 is 22.3 Å². The SMILES string of the molecule is Cc1cccc2c(O)c(S(=O)(=O)NN3CCOCC3)c(N[SH](=O)=O)c(N=Nc3ccc(Cl)c(S(=O)(=O)Cl)c3)c12. The van der Waals surface area contributed by atoms with Crippen LogP contribution in [0.15, 0.2) is 56.4 Å². The molecule has 0 radical (unpaired) electrons. The Morgan fingerprint density at radius 3 is 2.41 bits per heavy atom. The number of hydrogen-bond donors (Lipinski definition) is 4. The molecule has 3 aromatic rings. The Labute approximate surface area is 234 Å².